The molecule has 0 saturated carbocycles. The molecule has 33 heavy (non-hydrogen) atoms. The monoisotopic (exact) mass is 448 g/mol. The Bertz CT molecular complexity index is 1180. The van der Waals surface area contributed by atoms with Crippen LogP contribution in [0.3, 0.4) is 0 Å². The van der Waals surface area contributed by atoms with Crippen LogP contribution in [0.5, 0.6) is 0 Å². The lowest BCUT2D eigenvalue weighted by molar-refractivity contribution is -0.186. The average molecular weight is 449 g/mol. The third-order valence-corrected chi connectivity index (χ3v) is 6.99. The van der Waals surface area contributed by atoms with E-state index in [-0.39, 0.29) is 19.1 Å². The molecule has 9 heteroatoms. The quantitative estimate of drug-likeness (QED) is 0.629. The number of hydrogen-bond donors (Lipinski definition) is 2. The number of piperidine rings is 1. The van der Waals surface area contributed by atoms with Gasteiger partial charge in [0, 0.05) is 26.2 Å². The summed E-state index contributed by atoms with van der Waals surface area (Å²) in [4.78, 5) is 34.5. The number of H-pyrrole nitrogens is 1. The van der Waals surface area contributed by atoms with Gasteiger partial charge in [-0.15, -0.1) is 0 Å². The van der Waals surface area contributed by atoms with Crippen LogP contribution in [0.1, 0.15) is 31.4 Å². The molecule has 3 aliphatic rings. The van der Waals surface area contributed by atoms with Gasteiger partial charge < -0.3 is 24.6 Å². The predicted molar refractivity (Wildman–Crippen MR) is 123 cm³/mol. The number of aromatic amines is 1. The number of fused-ring (bicyclic) bond motifs is 1. The maximum absolute atomic E-state index is 12.9. The van der Waals surface area contributed by atoms with Gasteiger partial charge in [0.05, 0.1) is 24.8 Å². The number of nitrogens with one attached hydrogen (secondary N) is 1. The second-order valence-electron chi connectivity index (χ2n) is 9.37. The van der Waals surface area contributed by atoms with Gasteiger partial charge in [-0.2, -0.15) is 0 Å². The van der Waals surface area contributed by atoms with E-state index in [0.717, 1.165) is 56.7 Å². The summed E-state index contributed by atoms with van der Waals surface area (Å²) < 4.78 is 5.16. The molecular formula is C24H28N6O3. The first kappa shape index (κ1) is 20.6. The highest BCUT2D eigenvalue weighted by Gasteiger charge is 2.39. The zero-order chi connectivity index (χ0) is 22.4. The minimum absolute atomic E-state index is 0.0416. The van der Waals surface area contributed by atoms with Crippen LogP contribution < -0.4 is 4.90 Å². The first-order valence-electron chi connectivity index (χ1n) is 11.8. The number of pyridine rings is 2. The van der Waals surface area contributed by atoms with Crippen LogP contribution in [0.15, 0.2) is 30.3 Å². The molecule has 9 nitrogen and oxygen atoms in total. The van der Waals surface area contributed by atoms with E-state index in [1.165, 1.54) is 0 Å². The van der Waals surface area contributed by atoms with Crippen LogP contribution in [-0.4, -0.2) is 75.2 Å². The van der Waals surface area contributed by atoms with E-state index in [0.29, 0.717) is 35.3 Å². The Morgan fingerprint density at radius 2 is 1.91 bits per heavy atom. The molecule has 3 aliphatic heterocycles. The van der Waals surface area contributed by atoms with Gasteiger partial charge in [0.2, 0.25) is 5.91 Å². The van der Waals surface area contributed by atoms with Crippen molar-refractivity contribution in [3.05, 3.63) is 36.0 Å². The van der Waals surface area contributed by atoms with Gasteiger partial charge >= 0.3 is 0 Å². The lowest BCUT2D eigenvalue weighted by Gasteiger charge is -2.35. The van der Waals surface area contributed by atoms with Crippen molar-refractivity contribution in [2.45, 2.75) is 31.3 Å². The summed E-state index contributed by atoms with van der Waals surface area (Å²) in [6, 6.07) is 9.48. The van der Waals surface area contributed by atoms with Gasteiger partial charge in [0.1, 0.15) is 17.0 Å². The van der Waals surface area contributed by atoms with Gasteiger partial charge in [-0.25, -0.2) is 15.0 Å². The number of carbonyl (C=O) groups excluding carboxylic acids is 1. The number of aliphatic hydroxyl groups is 1. The van der Waals surface area contributed by atoms with E-state index in [1.807, 2.05) is 29.2 Å². The Kier molecular flexibility index (Phi) is 5.03. The Balaban J connectivity index is 1.23. The predicted octanol–water partition coefficient (Wildman–Crippen LogP) is 2.08. The van der Waals surface area contributed by atoms with Crippen LogP contribution in [0.25, 0.3) is 22.7 Å². The third-order valence-electron chi connectivity index (χ3n) is 6.99. The van der Waals surface area contributed by atoms with E-state index in [4.69, 9.17) is 9.72 Å². The minimum Gasteiger partial charge on any atom is -0.379 e. The summed E-state index contributed by atoms with van der Waals surface area (Å²) >= 11 is 0. The SMILES string of the molecule is O=C(C1CCCN(c2ccc3nc(-c4cccc(C5(O)COC5)n4)[nH]c3n2)C1)N1CCCC1. The van der Waals surface area contributed by atoms with Crippen LogP contribution >= 0.6 is 0 Å². The van der Waals surface area contributed by atoms with Crippen molar-refractivity contribution in [3.8, 4) is 11.5 Å². The molecule has 0 aliphatic carbocycles. The molecular weight excluding hydrogens is 420 g/mol. The number of aromatic nitrogens is 4. The van der Waals surface area contributed by atoms with Gasteiger partial charge in [-0.3, -0.25) is 4.79 Å². The highest BCUT2D eigenvalue weighted by atomic mass is 16.5. The van der Waals surface area contributed by atoms with E-state index < -0.39 is 5.60 Å². The molecule has 6 heterocycles. The second-order valence-corrected chi connectivity index (χ2v) is 9.37. The molecule has 3 fully saturated rings. The largest absolute Gasteiger partial charge is 0.379 e. The minimum atomic E-state index is -1.02. The number of ether oxygens (including phenoxy) is 1. The number of hydrogen-bond acceptors (Lipinski definition) is 7. The number of nitrogens with zero attached hydrogens (tertiary/aromatic N) is 5. The first-order valence-corrected chi connectivity index (χ1v) is 11.8. The van der Waals surface area contributed by atoms with Gasteiger partial charge in [0.25, 0.3) is 0 Å². The number of rotatable bonds is 4. The second kappa shape index (κ2) is 8.07. The molecule has 0 radical (unpaired) electrons. The van der Waals surface area contributed by atoms with Crippen molar-refractivity contribution in [3.63, 3.8) is 0 Å². The molecule has 3 saturated heterocycles. The summed E-state index contributed by atoms with van der Waals surface area (Å²) in [5.41, 5.74) is 1.66. The number of amides is 1. The standard InChI is InChI=1S/C24H28N6O3/c31-23(29-10-1-2-11-29)16-5-4-12-30(13-16)20-9-8-18-22(27-20)28-21(26-18)17-6-3-7-19(25-17)24(32)14-33-15-24/h3,6-9,16,32H,1-2,4-5,10-15H2,(H,26,27,28). The van der Waals surface area contributed by atoms with Gasteiger partial charge in [0.15, 0.2) is 17.1 Å². The van der Waals surface area contributed by atoms with Crippen LogP contribution in [-0.2, 0) is 15.1 Å². The maximum Gasteiger partial charge on any atom is 0.227 e. The van der Waals surface area contributed by atoms with E-state index in [2.05, 4.69) is 19.9 Å². The Labute approximate surface area is 191 Å². The van der Waals surface area contributed by atoms with Crippen molar-refractivity contribution in [2.24, 2.45) is 5.92 Å². The zero-order valence-electron chi connectivity index (χ0n) is 18.5. The van der Waals surface area contributed by atoms with Gasteiger partial charge in [-0.1, -0.05) is 6.07 Å². The molecule has 1 atom stereocenters. The van der Waals surface area contributed by atoms with Crippen molar-refractivity contribution in [2.75, 3.05) is 44.3 Å². The fourth-order valence-corrected chi connectivity index (χ4v) is 5.03. The fraction of sp³-hybridized carbons (Fsp3) is 0.500. The van der Waals surface area contributed by atoms with Crippen LogP contribution in [0.4, 0.5) is 5.82 Å². The number of likely N-dealkylation sites (tertiary alicyclic amines) is 1. The summed E-state index contributed by atoms with van der Waals surface area (Å²) in [6.45, 7) is 3.91. The zero-order valence-corrected chi connectivity index (χ0v) is 18.5. The highest BCUT2D eigenvalue weighted by molar-refractivity contribution is 5.80. The number of carbonyl (C=O) groups is 1. The summed E-state index contributed by atoms with van der Waals surface area (Å²) in [6.07, 6.45) is 4.17. The summed E-state index contributed by atoms with van der Waals surface area (Å²) in [5.74, 6) is 1.81. The summed E-state index contributed by atoms with van der Waals surface area (Å²) in [7, 11) is 0. The Hall–Kier alpha value is -3.04. The molecule has 6 rings (SSSR count). The average Bonchev–Trinajstić information content (AvgIpc) is 3.52. The lowest BCUT2D eigenvalue weighted by atomic mass is 9.96. The molecule has 172 valence electrons. The molecule has 1 unspecified atom stereocenters. The van der Waals surface area contributed by atoms with E-state index in [9.17, 15) is 9.90 Å². The summed E-state index contributed by atoms with van der Waals surface area (Å²) in [5, 5.41) is 10.5. The molecule has 0 bridgehead atoms. The van der Waals surface area contributed by atoms with Crippen LogP contribution in [0, 0.1) is 5.92 Å². The smallest absolute Gasteiger partial charge is 0.227 e. The topological polar surface area (TPSA) is 107 Å². The van der Waals surface area contributed by atoms with E-state index >= 15 is 0 Å². The number of imidazole rings is 1. The fourth-order valence-electron chi connectivity index (χ4n) is 5.03. The third kappa shape index (κ3) is 3.75. The molecule has 3 aromatic heterocycles. The van der Waals surface area contributed by atoms with Crippen molar-refractivity contribution in [1.29, 1.82) is 0 Å². The van der Waals surface area contributed by atoms with Crippen molar-refractivity contribution < 1.29 is 14.6 Å². The lowest BCUT2D eigenvalue weighted by Crippen LogP contribution is -2.47. The maximum atomic E-state index is 12.9. The van der Waals surface area contributed by atoms with Gasteiger partial charge in [-0.05, 0) is 49.9 Å². The van der Waals surface area contributed by atoms with Crippen molar-refractivity contribution in [1.82, 2.24) is 24.8 Å². The molecule has 0 spiro atoms. The first-order chi connectivity index (χ1) is 16.1. The Morgan fingerprint density at radius 3 is 2.70 bits per heavy atom. The molecule has 2 N–H and O–H groups in total. The number of anilines is 1. The molecule has 1 amide bonds. The van der Waals surface area contributed by atoms with Crippen LogP contribution in [0.2, 0.25) is 0 Å². The molecule has 3 aromatic rings. The normalized spacial score (nSPS) is 22.5. The van der Waals surface area contributed by atoms with E-state index in [1.54, 1.807) is 6.07 Å². The Morgan fingerprint density at radius 1 is 1.06 bits per heavy atom. The van der Waals surface area contributed by atoms with Crippen molar-refractivity contribution >= 4 is 22.9 Å². The highest BCUT2D eigenvalue weighted by Crippen LogP contribution is 2.30. The molecule has 0 aromatic carbocycles.